The van der Waals surface area contributed by atoms with Crippen molar-refractivity contribution in [3.63, 3.8) is 0 Å². The summed E-state index contributed by atoms with van der Waals surface area (Å²) in [5, 5.41) is 8.46. The molecule has 0 fully saturated rings. The van der Waals surface area contributed by atoms with Crippen LogP contribution in [0.4, 0.5) is 0 Å². The highest BCUT2D eigenvalue weighted by Crippen LogP contribution is 2.25. The SMILES string of the molecule is C#CCC(C#Cc1ccccc1)(OCC)n1nnc2ccccc21. The van der Waals surface area contributed by atoms with E-state index >= 15 is 0 Å². The Hall–Kier alpha value is -3.08. The van der Waals surface area contributed by atoms with Gasteiger partial charge in [-0.05, 0) is 37.1 Å². The van der Waals surface area contributed by atoms with Gasteiger partial charge >= 0.3 is 0 Å². The molecule has 1 unspecified atom stereocenters. The van der Waals surface area contributed by atoms with Crippen LogP contribution >= 0.6 is 0 Å². The van der Waals surface area contributed by atoms with E-state index in [0.717, 1.165) is 16.6 Å². The maximum absolute atomic E-state index is 5.99. The lowest BCUT2D eigenvalue weighted by atomic mass is 10.1. The Bertz CT molecular complexity index is 928. The molecule has 0 spiro atoms. The van der Waals surface area contributed by atoms with Crippen molar-refractivity contribution < 1.29 is 4.74 Å². The molecule has 0 aliphatic carbocycles. The molecule has 4 heteroatoms. The van der Waals surface area contributed by atoms with Gasteiger partial charge in [-0.25, -0.2) is 4.68 Å². The minimum absolute atomic E-state index is 0.272. The highest BCUT2D eigenvalue weighted by Gasteiger charge is 2.33. The van der Waals surface area contributed by atoms with Crippen LogP contribution in [-0.2, 0) is 10.5 Å². The Morgan fingerprint density at radius 3 is 2.62 bits per heavy atom. The van der Waals surface area contributed by atoms with Gasteiger partial charge in [0.05, 0.1) is 11.9 Å². The third-order valence-corrected chi connectivity index (χ3v) is 3.59. The molecule has 118 valence electrons. The van der Waals surface area contributed by atoms with E-state index in [0.29, 0.717) is 6.61 Å². The fourth-order valence-corrected chi connectivity index (χ4v) is 2.52. The first-order valence-corrected chi connectivity index (χ1v) is 7.75. The Morgan fingerprint density at radius 2 is 1.88 bits per heavy atom. The Morgan fingerprint density at radius 1 is 1.12 bits per heavy atom. The number of ether oxygens (including phenoxy) is 1. The zero-order valence-electron chi connectivity index (χ0n) is 13.4. The van der Waals surface area contributed by atoms with Gasteiger partial charge in [0.15, 0.2) is 0 Å². The lowest BCUT2D eigenvalue weighted by Crippen LogP contribution is -2.36. The third-order valence-electron chi connectivity index (χ3n) is 3.59. The molecular formula is C20H17N3O. The number of nitrogens with zero attached hydrogens (tertiary/aromatic N) is 3. The van der Waals surface area contributed by atoms with Gasteiger partial charge in [-0.3, -0.25) is 0 Å². The van der Waals surface area contributed by atoms with Gasteiger partial charge in [-0.15, -0.1) is 17.4 Å². The van der Waals surface area contributed by atoms with Crippen LogP contribution in [0.1, 0.15) is 18.9 Å². The van der Waals surface area contributed by atoms with Crippen molar-refractivity contribution in [1.29, 1.82) is 0 Å². The lowest BCUT2D eigenvalue weighted by Gasteiger charge is -2.26. The molecule has 0 radical (unpaired) electrons. The van der Waals surface area contributed by atoms with E-state index in [1.165, 1.54) is 0 Å². The average molecular weight is 315 g/mol. The quantitative estimate of drug-likeness (QED) is 0.694. The number of hydrogen-bond acceptors (Lipinski definition) is 3. The predicted molar refractivity (Wildman–Crippen MR) is 93.9 cm³/mol. The van der Waals surface area contributed by atoms with Crippen molar-refractivity contribution in [2.45, 2.75) is 19.1 Å². The van der Waals surface area contributed by atoms with Gasteiger partial charge in [0.1, 0.15) is 5.52 Å². The minimum atomic E-state index is -1.05. The van der Waals surface area contributed by atoms with E-state index < -0.39 is 5.72 Å². The van der Waals surface area contributed by atoms with Gasteiger partial charge in [0.25, 0.3) is 0 Å². The Balaban J connectivity index is 2.15. The molecule has 0 N–H and O–H groups in total. The van der Waals surface area contributed by atoms with Gasteiger partial charge in [0, 0.05) is 12.2 Å². The molecule has 0 bridgehead atoms. The van der Waals surface area contributed by atoms with Crippen molar-refractivity contribution in [1.82, 2.24) is 15.0 Å². The predicted octanol–water partition coefficient (Wildman–Crippen LogP) is 3.20. The van der Waals surface area contributed by atoms with E-state index in [4.69, 9.17) is 11.2 Å². The second kappa shape index (κ2) is 7.00. The van der Waals surface area contributed by atoms with Crippen LogP contribution in [-0.4, -0.2) is 21.6 Å². The van der Waals surface area contributed by atoms with E-state index in [1.807, 2.05) is 61.5 Å². The highest BCUT2D eigenvalue weighted by molar-refractivity contribution is 5.74. The molecule has 1 heterocycles. The molecule has 0 aliphatic heterocycles. The number of para-hydroxylation sites is 1. The Kier molecular flexibility index (Phi) is 4.61. The topological polar surface area (TPSA) is 39.9 Å². The largest absolute Gasteiger partial charge is 0.343 e. The molecule has 0 amide bonds. The number of benzene rings is 2. The van der Waals surface area contributed by atoms with Gasteiger partial charge < -0.3 is 4.74 Å². The molecule has 1 aromatic heterocycles. The van der Waals surface area contributed by atoms with Crippen LogP contribution < -0.4 is 0 Å². The zero-order valence-corrected chi connectivity index (χ0v) is 13.4. The van der Waals surface area contributed by atoms with Crippen LogP contribution in [0.5, 0.6) is 0 Å². The van der Waals surface area contributed by atoms with Crippen molar-refractivity contribution in [3.8, 4) is 24.2 Å². The summed E-state index contributed by atoms with van der Waals surface area (Å²) < 4.78 is 7.67. The fraction of sp³-hybridized carbons (Fsp3) is 0.200. The van der Waals surface area contributed by atoms with Crippen LogP contribution in [0.15, 0.2) is 54.6 Å². The van der Waals surface area contributed by atoms with Crippen molar-refractivity contribution >= 4 is 11.0 Å². The second-order valence-electron chi connectivity index (χ2n) is 5.20. The average Bonchev–Trinajstić information content (AvgIpc) is 3.06. The summed E-state index contributed by atoms with van der Waals surface area (Å²) in [6.45, 7) is 2.37. The minimum Gasteiger partial charge on any atom is -0.343 e. The summed E-state index contributed by atoms with van der Waals surface area (Å²) >= 11 is 0. The van der Waals surface area contributed by atoms with Crippen LogP contribution in [0.25, 0.3) is 11.0 Å². The normalized spacial score (nSPS) is 12.8. The smallest absolute Gasteiger partial charge is 0.237 e. The number of hydrogen-bond donors (Lipinski definition) is 0. The summed E-state index contributed by atoms with van der Waals surface area (Å²) in [6.07, 6.45) is 5.88. The van der Waals surface area contributed by atoms with Gasteiger partial charge in [-0.1, -0.05) is 41.5 Å². The summed E-state index contributed by atoms with van der Waals surface area (Å²) in [6, 6.07) is 17.4. The number of terminal acetylenes is 1. The maximum atomic E-state index is 5.99. The van der Waals surface area contributed by atoms with Crippen LogP contribution in [0.2, 0.25) is 0 Å². The molecule has 1 atom stereocenters. The summed E-state index contributed by atoms with van der Waals surface area (Å²) in [5.41, 5.74) is 1.46. The molecule has 3 aromatic rings. The first kappa shape index (κ1) is 15.8. The lowest BCUT2D eigenvalue weighted by molar-refractivity contribution is -0.0562. The van der Waals surface area contributed by atoms with E-state index in [2.05, 4.69) is 28.1 Å². The van der Waals surface area contributed by atoms with Crippen molar-refractivity contribution in [2.75, 3.05) is 6.61 Å². The van der Waals surface area contributed by atoms with Crippen molar-refractivity contribution in [3.05, 3.63) is 60.2 Å². The zero-order chi connectivity index (χ0) is 16.8. The first-order valence-electron chi connectivity index (χ1n) is 7.75. The Labute approximate surface area is 141 Å². The number of fused-ring (bicyclic) bond motifs is 1. The molecule has 0 saturated heterocycles. The molecule has 0 saturated carbocycles. The third kappa shape index (κ3) is 3.01. The molecule has 24 heavy (non-hydrogen) atoms. The second-order valence-corrected chi connectivity index (χ2v) is 5.20. The van der Waals surface area contributed by atoms with Crippen molar-refractivity contribution in [2.24, 2.45) is 0 Å². The van der Waals surface area contributed by atoms with E-state index in [9.17, 15) is 0 Å². The standard InChI is InChI=1S/C20H17N3O/c1-3-15-20(24-4-2,16-14-17-10-6-5-7-11-17)23-19-13-9-8-12-18(19)21-22-23/h1,5-13H,4,15H2,2H3. The van der Waals surface area contributed by atoms with Gasteiger partial charge in [0.2, 0.25) is 5.72 Å². The summed E-state index contributed by atoms with van der Waals surface area (Å²) in [5.74, 6) is 9.01. The number of aromatic nitrogens is 3. The highest BCUT2D eigenvalue weighted by atomic mass is 16.5. The first-order chi connectivity index (χ1) is 11.8. The molecule has 2 aromatic carbocycles. The summed E-state index contributed by atoms with van der Waals surface area (Å²) in [7, 11) is 0. The monoisotopic (exact) mass is 315 g/mol. The molecule has 3 rings (SSSR count). The number of rotatable bonds is 4. The van der Waals surface area contributed by atoms with E-state index in [-0.39, 0.29) is 6.42 Å². The van der Waals surface area contributed by atoms with Crippen LogP contribution in [0, 0.1) is 24.2 Å². The molecule has 4 nitrogen and oxygen atoms in total. The molecular weight excluding hydrogens is 298 g/mol. The maximum Gasteiger partial charge on any atom is 0.237 e. The molecule has 0 aliphatic rings. The fourth-order valence-electron chi connectivity index (χ4n) is 2.52. The summed E-state index contributed by atoms with van der Waals surface area (Å²) in [4.78, 5) is 0. The van der Waals surface area contributed by atoms with Gasteiger partial charge in [-0.2, -0.15) is 0 Å². The van der Waals surface area contributed by atoms with E-state index in [1.54, 1.807) is 4.68 Å². The van der Waals surface area contributed by atoms with Crippen LogP contribution in [0.3, 0.4) is 0 Å².